The zero-order valence-electron chi connectivity index (χ0n) is 9.89. The molecule has 0 unspecified atom stereocenters. The van der Waals surface area contributed by atoms with Gasteiger partial charge in [0.25, 0.3) is 0 Å². The van der Waals surface area contributed by atoms with Crippen LogP contribution < -0.4 is 0 Å². The first-order chi connectivity index (χ1) is 8.52. The Labute approximate surface area is 108 Å². The fourth-order valence-electron chi connectivity index (χ4n) is 1.61. The third-order valence-corrected chi connectivity index (χ3v) is 3.38. The van der Waals surface area contributed by atoms with E-state index in [1.807, 2.05) is 19.2 Å². The average molecular weight is 264 g/mol. The van der Waals surface area contributed by atoms with Crippen LogP contribution in [0.2, 0.25) is 0 Å². The zero-order valence-corrected chi connectivity index (χ0v) is 10.7. The van der Waals surface area contributed by atoms with Crippen molar-refractivity contribution in [2.24, 2.45) is 0 Å². The number of hydrogen-bond donors (Lipinski definition) is 3. The highest BCUT2D eigenvalue weighted by atomic mass is 32.2. The van der Waals surface area contributed by atoms with Gasteiger partial charge in [0.2, 0.25) is 0 Å². The number of phenols is 1. The molecule has 0 fully saturated rings. The first-order valence-electron chi connectivity index (χ1n) is 5.19. The van der Waals surface area contributed by atoms with Gasteiger partial charge in [0.1, 0.15) is 11.4 Å². The van der Waals surface area contributed by atoms with Crippen molar-refractivity contribution in [1.29, 1.82) is 0 Å². The molecule has 0 spiro atoms. The molecular weight excluding hydrogens is 252 g/mol. The number of phenolic OH excluding ortho intramolecular Hbond substituents is 1. The van der Waals surface area contributed by atoms with Gasteiger partial charge in [-0.1, -0.05) is 0 Å². The van der Waals surface area contributed by atoms with Crippen molar-refractivity contribution < 1.29 is 15.0 Å². The summed E-state index contributed by atoms with van der Waals surface area (Å²) in [5, 5.41) is 25.0. The molecule has 94 valence electrons. The largest absolute Gasteiger partial charge is 0.508 e. The molecule has 5 nitrogen and oxygen atoms in total. The van der Waals surface area contributed by atoms with Crippen LogP contribution in [0.15, 0.2) is 23.1 Å². The minimum atomic E-state index is -1.06. The Morgan fingerprint density at radius 2 is 2.11 bits per heavy atom. The van der Waals surface area contributed by atoms with Gasteiger partial charge in [0, 0.05) is 10.5 Å². The van der Waals surface area contributed by atoms with Gasteiger partial charge in [-0.2, -0.15) is 5.10 Å². The van der Waals surface area contributed by atoms with Crippen LogP contribution in [0.4, 0.5) is 0 Å². The molecule has 1 heterocycles. The molecule has 1 aromatic heterocycles. The predicted octanol–water partition coefficient (Wildman–Crippen LogP) is 2.51. The normalized spacial score (nSPS) is 10.6. The number of benzene rings is 1. The van der Waals surface area contributed by atoms with Crippen LogP contribution in [-0.2, 0) is 0 Å². The molecule has 18 heavy (non-hydrogen) atoms. The van der Waals surface area contributed by atoms with E-state index in [1.54, 1.807) is 6.07 Å². The molecule has 0 aliphatic rings. The number of rotatable bonds is 3. The van der Waals surface area contributed by atoms with Crippen molar-refractivity contribution in [3.05, 3.63) is 29.5 Å². The van der Waals surface area contributed by atoms with Crippen LogP contribution in [0.1, 0.15) is 16.1 Å². The summed E-state index contributed by atoms with van der Waals surface area (Å²) in [6, 6.07) is 4.90. The highest BCUT2D eigenvalue weighted by Crippen LogP contribution is 2.34. The number of aromatic amines is 1. The standard InChI is InChI=1S/C12H12N2O3S/c1-6-3-11(18-2)7(4-10(6)15)8-5-9(12(16)17)14-13-8/h3-5,15H,1-2H3,(H,13,14)(H,16,17). The summed E-state index contributed by atoms with van der Waals surface area (Å²) in [6.07, 6.45) is 1.92. The van der Waals surface area contributed by atoms with E-state index in [0.29, 0.717) is 11.3 Å². The molecule has 2 aromatic rings. The minimum absolute atomic E-state index is 0.0251. The highest BCUT2D eigenvalue weighted by molar-refractivity contribution is 7.98. The number of aromatic nitrogens is 2. The average Bonchev–Trinajstić information content (AvgIpc) is 2.81. The van der Waals surface area contributed by atoms with Crippen molar-refractivity contribution in [2.45, 2.75) is 11.8 Å². The van der Waals surface area contributed by atoms with E-state index >= 15 is 0 Å². The Balaban J connectivity index is 2.55. The molecule has 2 rings (SSSR count). The van der Waals surface area contributed by atoms with Crippen LogP contribution in [-0.4, -0.2) is 32.6 Å². The molecule has 6 heteroatoms. The Morgan fingerprint density at radius 3 is 2.67 bits per heavy atom. The van der Waals surface area contributed by atoms with Crippen molar-refractivity contribution in [3.63, 3.8) is 0 Å². The number of carboxylic acids is 1. The van der Waals surface area contributed by atoms with Gasteiger partial charge >= 0.3 is 5.97 Å². The predicted molar refractivity (Wildman–Crippen MR) is 69.2 cm³/mol. The quantitative estimate of drug-likeness (QED) is 0.741. The third-order valence-electron chi connectivity index (χ3n) is 2.60. The van der Waals surface area contributed by atoms with Crippen molar-refractivity contribution in [2.75, 3.05) is 6.26 Å². The van der Waals surface area contributed by atoms with Crippen molar-refractivity contribution >= 4 is 17.7 Å². The van der Waals surface area contributed by atoms with E-state index in [0.717, 1.165) is 10.5 Å². The Morgan fingerprint density at radius 1 is 1.39 bits per heavy atom. The Hall–Kier alpha value is -1.95. The number of carbonyl (C=O) groups is 1. The first-order valence-corrected chi connectivity index (χ1v) is 6.42. The highest BCUT2D eigenvalue weighted by Gasteiger charge is 2.14. The number of nitrogens with one attached hydrogen (secondary N) is 1. The molecule has 0 bridgehead atoms. The van der Waals surface area contributed by atoms with Crippen LogP contribution in [0.5, 0.6) is 5.75 Å². The summed E-state index contributed by atoms with van der Waals surface area (Å²) in [6.45, 7) is 1.81. The topological polar surface area (TPSA) is 86.2 Å². The molecule has 1 aromatic carbocycles. The van der Waals surface area contributed by atoms with E-state index in [2.05, 4.69) is 10.2 Å². The summed E-state index contributed by atoms with van der Waals surface area (Å²) >= 11 is 1.52. The lowest BCUT2D eigenvalue weighted by Gasteiger charge is -2.07. The molecule has 0 aliphatic heterocycles. The molecule has 0 atom stereocenters. The SMILES string of the molecule is CSc1cc(C)c(O)cc1-c1cc(C(=O)O)[nH]n1. The Bertz CT molecular complexity index is 607. The number of thioether (sulfide) groups is 1. The molecule has 0 amide bonds. The molecule has 0 radical (unpaired) electrons. The van der Waals surface area contributed by atoms with Gasteiger partial charge in [-0.15, -0.1) is 11.8 Å². The fraction of sp³-hybridized carbons (Fsp3) is 0.167. The second-order valence-electron chi connectivity index (χ2n) is 3.81. The first kappa shape index (κ1) is 12.5. The van der Waals surface area contributed by atoms with E-state index in [-0.39, 0.29) is 11.4 Å². The van der Waals surface area contributed by atoms with Crippen LogP contribution in [0.3, 0.4) is 0 Å². The van der Waals surface area contributed by atoms with Gasteiger partial charge in [-0.05, 0) is 36.9 Å². The second kappa shape index (κ2) is 4.73. The number of carboxylic acid groups (broad SMARTS) is 1. The van der Waals surface area contributed by atoms with Gasteiger partial charge < -0.3 is 10.2 Å². The summed E-state index contributed by atoms with van der Waals surface area (Å²) in [7, 11) is 0. The molecule has 3 N–H and O–H groups in total. The fourth-order valence-corrected chi connectivity index (χ4v) is 2.29. The minimum Gasteiger partial charge on any atom is -0.508 e. The van der Waals surface area contributed by atoms with Gasteiger partial charge in [0.15, 0.2) is 0 Å². The maximum Gasteiger partial charge on any atom is 0.353 e. The van der Waals surface area contributed by atoms with E-state index in [9.17, 15) is 9.90 Å². The maximum absolute atomic E-state index is 10.8. The third kappa shape index (κ3) is 2.19. The van der Waals surface area contributed by atoms with Crippen molar-refractivity contribution in [3.8, 4) is 17.0 Å². The lowest BCUT2D eigenvalue weighted by atomic mass is 10.1. The van der Waals surface area contributed by atoms with Gasteiger partial charge in [-0.3, -0.25) is 5.10 Å². The van der Waals surface area contributed by atoms with Crippen molar-refractivity contribution in [1.82, 2.24) is 10.2 Å². The summed E-state index contributed by atoms with van der Waals surface area (Å²) in [5.74, 6) is -0.890. The molecular formula is C12H12N2O3S. The Kier molecular flexibility index (Phi) is 3.29. The van der Waals surface area contributed by atoms with Crippen LogP contribution >= 0.6 is 11.8 Å². The number of H-pyrrole nitrogens is 1. The molecule has 0 aliphatic carbocycles. The summed E-state index contributed by atoms with van der Waals surface area (Å²) < 4.78 is 0. The lowest BCUT2D eigenvalue weighted by molar-refractivity contribution is 0.0690. The van der Waals surface area contributed by atoms with Crippen LogP contribution in [0.25, 0.3) is 11.3 Å². The number of aryl methyl sites for hydroxylation is 1. The molecule has 0 saturated carbocycles. The molecule has 0 saturated heterocycles. The zero-order chi connectivity index (χ0) is 13.3. The van der Waals surface area contributed by atoms with Gasteiger partial charge in [0.05, 0.1) is 5.69 Å². The number of aromatic carboxylic acids is 1. The number of aromatic hydroxyl groups is 1. The second-order valence-corrected chi connectivity index (χ2v) is 4.66. The van der Waals surface area contributed by atoms with E-state index in [1.165, 1.54) is 17.8 Å². The van der Waals surface area contributed by atoms with E-state index in [4.69, 9.17) is 5.11 Å². The summed E-state index contributed by atoms with van der Waals surface area (Å²) in [4.78, 5) is 11.7. The summed E-state index contributed by atoms with van der Waals surface area (Å²) in [5.41, 5.74) is 2.02. The van der Waals surface area contributed by atoms with Gasteiger partial charge in [-0.25, -0.2) is 4.79 Å². The lowest BCUT2D eigenvalue weighted by Crippen LogP contribution is -1.95. The van der Waals surface area contributed by atoms with Crippen LogP contribution in [0, 0.1) is 6.92 Å². The smallest absolute Gasteiger partial charge is 0.353 e. The monoisotopic (exact) mass is 264 g/mol. The van der Waals surface area contributed by atoms with E-state index < -0.39 is 5.97 Å². The number of nitrogens with zero attached hydrogens (tertiary/aromatic N) is 1. The maximum atomic E-state index is 10.8. The number of hydrogen-bond acceptors (Lipinski definition) is 4.